The molecule has 0 spiro atoms. The standard InChI is InChI=1S/C14H23N3O2/c1-11(15-10-14(2,3)16(4)5)12-8-6-7-9-13(12)17(18)19/h6-9,11,15H,10H2,1-5H3. The van der Waals surface area contributed by atoms with Crippen molar-refractivity contribution in [2.24, 2.45) is 0 Å². The maximum Gasteiger partial charge on any atom is 0.274 e. The molecular formula is C14H23N3O2. The van der Waals surface area contributed by atoms with Gasteiger partial charge in [0.25, 0.3) is 5.69 Å². The van der Waals surface area contributed by atoms with Crippen molar-refractivity contribution in [3.8, 4) is 0 Å². The average Bonchev–Trinajstić information content (AvgIpc) is 2.35. The van der Waals surface area contributed by atoms with Gasteiger partial charge < -0.3 is 10.2 Å². The SMILES string of the molecule is CC(NCC(C)(C)N(C)C)c1ccccc1[N+](=O)[O-]. The quantitative estimate of drug-likeness (QED) is 0.634. The van der Waals surface area contributed by atoms with Gasteiger partial charge >= 0.3 is 0 Å². The third kappa shape index (κ3) is 4.01. The summed E-state index contributed by atoms with van der Waals surface area (Å²) in [5, 5.41) is 14.4. The minimum absolute atomic E-state index is 0.00216. The van der Waals surface area contributed by atoms with Gasteiger partial charge in [0.05, 0.1) is 4.92 Å². The lowest BCUT2D eigenvalue weighted by molar-refractivity contribution is -0.385. The predicted molar refractivity (Wildman–Crippen MR) is 77.3 cm³/mol. The van der Waals surface area contributed by atoms with Gasteiger partial charge in [0.2, 0.25) is 0 Å². The molecule has 0 radical (unpaired) electrons. The van der Waals surface area contributed by atoms with E-state index < -0.39 is 0 Å². The zero-order valence-corrected chi connectivity index (χ0v) is 12.3. The lowest BCUT2D eigenvalue weighted by atomic mass is 10.0. The molecule has 0 aliphatic carbocycles. The van der Waals surface area contributed by atoms with Crippen LogP contribution in [0.2, 0.25) is 0 Å². The summed E-state index contributed by atoms with van der Waals surface area (Å²) in [7, 11) is 4.05. The topological polar surface area (TPSA) is 58.4 Å². The number of hydrogen-bond acceptors (Lipinski definition) is 4. The predicted octanol–water partition coefficient (Wildman–Crippen LogP) is 2.59. The second-order valence-electron chi connectivity index (χ2n) is 5.63. The van der Waals surface area contributed by atoms with Gasteiger partial charge in [-0.1, -0.05) is 18.2 Å². The summed E-state index contributed by atoms with van der Waals surface area (Å²) in [6, 6.07) is 6.82. The van der Waals surface area contributed by atoms with Gasteiger partial charge in [0.15, 0.2) is 0 Å². The Balaban J connectivity index is 2.79. The van der Waals surface area contributed by atoms with Crippen molar-refractivity contribution in [1.29, 1.82) is 0 Å². The van der Waals surface area contributed by atoms with Crippen LogP contribution < -0.4 is 5.32 Å². The van der Waals surface area contributed by atoms with E-state index in [4.69, 9.17) is 0 Å². The van der Waals surface area contributed by atoms with E-state index in [-0.39, 0.29) is 22.2 Å². The summed E-state index contributed by atoms with van der Waals surface area (Å²) in [5.74, 6) is 0. The highest BCUT2D eigenvalue weighted by Gasteiger charge is 2.23. The van der Waals surface area contributed by atoms with Crippen LogP contribution in [0.4, 0.5) is 5.69 Å². The molecule has 0 fully saturated rings. The van der Waals surface area contributed by atoms with Crippen LogP contribution in [0.15, 0.2) is 24.3 Å². The minimum Gasteiger partial charge on any atom is -0.308 e. The number of hydrogen-bond donors (Lipinski definition) is 1. The van der Waals surface area contributed by atoms with Crippen LogP contribution in [0.1, 0.15) is 32.4 Å². The molecule has 5 nitrogen and oxygen atoms in total. The third-order valence-corrected chi connectivity index (χ3v) is 3.65. The molecule has 0 heterocycles. The van der Waals surface area contributed by atoms with Crippen LogP contribution >= 0.6 is 0 Å². The number of benzene rings is 1. The van der Waals surface area contributed by atoms with E-state index in [9.17, 15) is 10.1 Å². The molecule has 0 bridgehead atoms. The van der Waals surface area contributed by atoms with Crippen LogP contribution in [-0.2, 0) is 0 Å². The number of likely N-dealkylation sites (N-methyl/N-ethyl adjacent to an activating group) is 1. The van der Waals surface area contributed by atoms with E-state index in [2.05, 4.69) is 24.1 Å². The first kappa shape index (κ1) is 15.6. The molecular weight excluding hydrogens is 242 g/mol. The van der Waals surface area contributed by atoms with E-state index in [1.807, 2.05) is 27.1 Å². The fourth-order valence-electron chi connectivity index (χ4n) is 1.69. The van der Waals surface area contributed by atoms with Gasteiger partial charge in [-0.2, -0.15) is 0 Å². The van der Waals surface area contributed by atoms with Gasteiger partial charge in [-0.25, -0.2) is 0 Å². The molecule has 0 amide bonds. The lowest BCUT2D eigenvalue weighted by Gasteiger charge is -2.34. The van der Waals surface area contributed by atoms with E-state index in [1.165, 1.54) is 0 Å². The summed E-state index contributed by atoms with van der Waals surface area (Å²) >= 11 is 0. The molecule has 0 aliphatic rings. The van der Waals surface area contributed by atoms with Crippen molar-refractivity contribution in [2.75, 3.05) is 20.6 Å². The normalized spacial score (nSPS) is 13.6. The fourth-order valence-corrected chi connectivity index (χ4v) is 1.69. The molecule has 1 rings (SSSR count). The van der Waals surface area contributed by atoms with Gasteiger partial charge in [0, 0.05) is 29.8 Å². The van der Waals surface area contributed by atoms with Crippen LogP contribution in [0.5, 0.6) is 0 Å². The van der Waals surface area contributed by atoms with Gasteiger partial charge in [-0.3, -0.25) is 10.1 Å². The Kier molecular flexibility index (Phi) is 5.03. The van der Waals surface area contributed by atoms with Crippen molar-refractivity contribution < 1.29 is 4.92 Å². The molecule has 5 heteroatoms. The highest BCUT2D eigenvalue weighted by Crippen LogP contribution is 2.24. The Morgan fingerprint density at radius 2 is 1.95 bits per heavy atom. The number of rotatable bonds is 6. The zero-order valence-electron chi connectivity index (χ0n) is 12.3. The molecule has 19 heavy (non-hydrogen) atoms. The second kappa shape index (κ2) is 6.12. The Morgan fingerprint density at radius 3 is 2.47 bits per heavy atom. The highest BCUT2D eigenvalue weighted by molar-refractivity contribution is 5.41. The fraction of sp³-hybridized carbons (Fsp3) is 0.571. The minimum atomic E-state index is -0.329. The van der Waals surface area contributed by atoms with Gasteiger partial charge in [0.1, 0.15) is 0 Å². The molecule has 1 atom stereocenters. The van der Waals surface area contributed by atoms with Crippen molar-refractivity contribution in [1.82, 2.24) is 10.2 Å². The molecule has 1 unspecified atom stereocenters. The summed E-state index contributed by atoms with van der Waals surface area (Å²) < 4.78 is 0. The molecule has 1 aromatic carbocycles. The maximum absolute atomic E-state index is 11.0. The van der Waals surface area contributed by atoms with E-state index in [0.29, 0.717) is 0 Å². The number of nitrogens with zero attached hydrogens (tertiary/aromatic N) is 2. The molecule has 1 N–H and O–H groups in total. The zero-order chi connectivity index (χ0) is 14.6. The Morgan fingerprint density at radius 1 is 1.37 bits per heavy atom. The first-order valence-electron chi connectivity index (χ1n) is 6.40. The summed E-state index contributed by atoms with van der Waals surface area (Å²) in [6.45, 7) is 6.97. The maximum atomic E-state index is 11.0. The second-order valence-corrected chi connectivity index (χ2v) is 5.63. The van der Waals surface area contributed by atoms with E-state index in [1.54, 1.807) is 18.2 Å². The largest absolute Gasteiger partial charge is 0.308 e. The lowest BCUT2D eigenvalue weighted by Crippen LogP contribution is -2.47. The molecule has 0 saturated heterocycles. The molecule has 0 saturated carbocycles. The van der Waals surface area contributed by atoms with Crippen LogP contribution in [0, 0.1) is 10.1 Å². The summed E-state index contributed by atoms with van der Waals surface area (Å²) in [4.78, 5) is 12.8. The first-order chi connectivity index (χ1) is 8.75. The van der Waals surface area contributed by atoms with Crippen LogP contribution in [0.3, 0.4) is 0 Å². The van der Waals surface area contributed by atoms with E-state index >= 15 is 0 Å². The van der Waals surface area contributed by atoms with Crippen LogP contribution in [0.25, 0.3) is 0 Å². The van der Waals surface area contributed by atoms with Crippen LogP contribution in [-0.4, -0.2) is 36.0 Å². The number of nitro benzene ring substituents is 1. The first-order valence-corrected chi connectivity index (χ1v) is 6.40. The van der Waals surface area contributed by atoms with Crippen molar-refractivity contribution >= 4 is 5.69 Å². The highest BCUT2D eigenvalue weighted by atomic mass is 16.6. The van der Waals surface area contributed by atoms with Gasteiger partial charge in [-0.05, 0) is 34.9 Å². The average molecular weight is 265 g/mol. The molecule has 106 valence electrons. The van der Waals surface area contributed by atoms with E-state index in [0.717, 1.165) is 12.1 Å². The molecule has 0 aromatic heterocycles. The molecule has 0 aliphatic heterocycles. The number of nitro groups is 1. The number of nitrogens with one attached hydrogen (secondary N) is 1. The monoisotopic (exact) mass is 265 g/mol. The Hall–Kier alpha value is -1.46. The summed E-state index contributed by atoms with van der Waals surface area (Å²) in [6.07, 6.45) is 0. The van der Waals surface area contributed by atoms with Crippen molar-refractivity contribution in [3.63, 3.8) is 0 Å². The molecule has 1 aromatic rings. The number of para-hydroxylation sites is 1. The Bertz CT molecular complexity index is 444. The van der Waals surface area contributed by atoms with Crippen molar-refractivity contribution in [3.05, 3.63) is 39.9 Å². The summed E-state index contributed by atoms with van der Waals surface area (Å²) in [5.41, 5.74) is 0.893. The Labute approximate surface area is 114 Å². The third-order valence-electron chi connectivity index (χ3n) is 3.65. The smallest absolute Gasteiger partial charge is 0.274 e. The van der Waals surface area contributed by atoms with Gasteiger partial charge in [-0.15, -0.1) is 0 Å². The van der Waals surface area contributed by atoms with Crippen molar-refractivity contribution in [2.45, 2.75) is 32.4 Å².